The van der Waals surface area contributed by atoms with E-state index < -0.39 is 12.0 Å². The lowest BCUT2D eigenvalue weighted by Crippen LogP contribution is -2.49. The molecule has 0 bridgehead atoms. The van der Waals surface area contributed by atoms with Gasteiger partial charge >= 0.3 is 12.0 Å². The first kappa shape index (κ1) is 18.2. The summed E-state index contributed by atoms with van der Waals surface area (Å²) in [5.41, 5.74) is 0.960. The molecule has 1 aromatic carbocycles. The molecule has 1 aliphatic rings. The number of urea groups is 1. The van der Waals surface area contributed by atoms with Gasteiger partial charge in [-0.25, -0.2) is 9.59 Å². The van der Waals surface area contributed by atoms with Gasteiger partial charge in [0.15, 0.2) is 0 Å². The van der Waals surface area contributed by atoms with Crippen LogP contribution in [0.25, 0.3) is 0 Å². The van der Waals surface area contributed by atoms with Gasteiger partial charge in [0, 0.05) is 32.6 Å². The number of nitrogens with zero attached hydrogens (tertiary/aromatic N) is 1. The Balaban J connectivity index is 1.77. The van der Waals surface area contributed by atoms with Crippen LogP contribution in [-0.4, -0.2) is 69.4 Å². The second-order valence-electron chi connectivity index (χ2n) is 5.62. The van der Waals surface area contributed by atoms with Crippen LogP contribution in [-0.2, 0) is 20.7 Å². The molecule has 2 rings (SSSR count). The minimum absolute atomic E-state index is 0.366. The van der Waals surface area contributed by atoms with Gasteiger partial charge in [-0.2, -0.15) is 0 Å². The highest BCUT2D eigenvalue weighted by Gasteiger charge is 2.21. The number of ether oxygens (including phenoxy) is 2. The van der Waals surface area contributed by atoms with Crippen LogP contribution in [0.4, 0.5) is 4.79 Å². The highest BCUT2D eigenvalue weighted by Crippen LogP contribution is 2.04. The summed E-state index contributed by atoms with van der Waals surface area (Å²) in [6.07, 6.45) is 0.393. The quantitative estimate of drug-likeness (QED) is 0.705. The fourth-order valence-corrected chi connectivity index (χ4v) is 2.55. The summed E-state index contributed by atoms with van der Waals surface area (Å²) >= 11 is 0. The molecule has 2 amide bonds. The minimum Gasteiger partial charge on any atom is -0.467 e. The van der Waals surface area contributed by atoms with Crippen LogP contribution in [0.15, 0.2) is 30.3 Å². The molecular weight excluding hydrogens is 310 g/mol. The van der Waals surface area contributed by atoms with Crippen molar-refractivity contribution in [3.8, 4) is 0 Å². The van der Waals surface area contributed by atoms with E-state index in [1.54, 1.807) is 0 Å². The number of amides is 2. The van der Waals surface area contributed by atoms with Crippen LogP contribution < -0.4 is 10.6 Å². The average Bonchev–Trinajstić information content (AvgIpc) is 2.62. The first-order valence-electron chi connectivity index (χ1n) is 8.15. The first-order chi connectivity index (χ1) is 11.7. The van der Waals surface area contributed by atoms with Gasteiger partial charge in [-0.3, -0.25) is 4.90 Å². The monoisotopic (exact) mass is 335 g/mol. The third kappa shape index (κ3) is 6.17. The Bertz CT molecular complexity index is 518. The van der Waals surface area contributed by atoms with E-state index in [4.69, 9.17) is 9.47 Å². The SMILES string of the molecule is COC(=O)C(Cc1ccccc1)NC(=O)NCCN1CCOCC1. The lowest BCUT2D eigenvalue weighted by atomic mass is 10.1. The fraction of sp³-hybridized carbons (Fsp3) is 0.529. The van der Waals surface area contributed by atoms with E-state index in [-0.39, 0.29) is 6.03 Å². The Morgan fingerprint density at radius 1 is 1.25 bits per heavy atom. The van der Waals surface area contributed by atoms with E-state index in [1.807, 2.05) is 30.3 Å². The van der Waals surface area contributed by atoms with E-state index in [9.17, 15) is 9.59 Å². The molecule has 0 aromatic heterocycles. The summed E-state index contributed by atoms with van der Waals surface area (Å²) < 4.78 is 10.1. The zero-order valence-corrected chi connectivity index (χ0v) is 14.0. The highest BCUT2D eigenvalue weighted by molar-refractivity contribution is 5.83. The van der Waals surface area contributed by atoms with Gasteiger partial charge < -0.3 is 20.1 Å². The average molecular weight is 335 g/mol. The first-order valence-corrected chi connectivity index (χ1v) is 8.15. The topological polar surface area (TPSA) is 79.9 Å². The Morgan fingerprint density at radius 3 is 2.62 bits per heavy atom. The number of methoxy groups -OCH3 is 1. The molecule has 132 valence electrons. The fourth-order valence-electron chi connectivity index (χ4n) is 2.55. The molecule has 2 N–H and O–H groups in total. The molecule has 1 aromatic rings. The lowest BCUT2D eigenvalue weighted by Gasteiger charge is -2.26. The van der Waals surface area contributed by atoms with Crippen molar-refractivity contribution in [2.45, 2.75) is 12.5 Å². The standard InChI is InChI=1S/C17H25N3O4/c1-23-16(21)15(13-14-5-3-2-4-6-14)19-17(22)18-7-8-20-9-11-24-12-10-20/h2-6,15H,7-13H2,1H3,(H2,18,19,22). The van der Waals surface area contributed by atoms with Crippen LogP contribution in [0.1, 0.15) is 5.56 Å². The summed E-state index contributed by atoms with van der Waals surface area (Å²) in [7, 11) is 1.32. The molecule has 0 saturated carbocycles. The summed E-state index contributed by atoms with van der Waals surface area (Å²) in [5, 5.41) is 5.47. The molecule has 1 aliphatic heterocycles. The molecule has 7 nitrogen and oxygen atoms in total. The van der Waals surface area contributed by atoms with Gasteiger partial charge in [0.2, 0.25) is 0 Å². The van der Waals surface area contributed by atoms with Gasteiger partial charge in [0.1, 0.15) is 6.04 Å². The number of esters is 1. The molecule has 0 spiro atoms. The smallest absolute Gasteiger partial charge is 0.328 e. The molecule has 1 unspecified atom stereocenters. The predicted octanol–water partition coefficient (Wildman–Crippen LogP) is 0.402. The maximum atomic E-state index is 12.0. The molecule has 1 fully saturated rings. The van der Waals surface area contributed by atoms with Crippen molar-refractivity contribution in [1.29, 1.82) is 0 Å². The molecule has 0 radical (unpaired) electrons. The van der Waals surface area contributed by atoms with E-state index in [0.29, 0.717) is 13.0 Å². The van der Waals surface area contributed by atoms with Gasteiger partial charge in [-0.15, -0.1) is 0 Å². The predicted molar refractivity (Wildman–Crippen MR) is 89.7 cm³/mol. The molecule has 24 heavy (non-hydrogen) atoms. The summed E-state index contributed by atoms with van der Waals surface area (Å²) in [4.78, 5) is 26.1. The van der Waals surface area contributed by atoms with Crippen molar-refractivity contribution in [1.82, 2.24) is 15.5 Å². The molecule has 1 heterocycles. The van der Waals surface area contributed by atoms with Gasteiger partial charge in [-0.1, -0.05) is 30.3 Å². The number of rotatable bonds is 7. The Labute approximate surface area is 142 Å². The maximum Gasteiger partial charge on any atom is 0.328 e. The summed E-state index contributed by atoms with van der Waals surface area (Å²) in [5.74, 6) is -0.456. The van der Waals surface area contributed by atoms with Crippen LogP contribution in [0.5, 0.6) is 0 Å². The number of hydrogen-bond donors (Lipinski definition) is 2. The van der Waals surface area contributed by atoms with E-state index in [0.717, 1.165) is 38.4 Å². The number of carbonyl (C=O) groups is 2. The van der Waals surface area contributed by atoms with E-state index in [2.05, 4.69) is 15.5 Å². The second kappa shape index (κ2) is 9.89. The number of carbonyl (C=O) groups excluding carboxylic acids is 2. The molecule has 1 atom stereocenters. The van der Waals surface area contributed by atoms with Crippen LogP contribution in [0.3, 0.4) is 0 Å². The van der Waals surface area contributed by atoms with Crippen LogP contribution >= 0.6 is 0 Å². The van der Waals surface area contributed by atoms with E-state index in [1.165, 1.54) is 7.11 Å². The van der Waals surface area contributed by atoms with Gasteiger partial charge in [-0.05, 0) is 5.56 Å². The summed E-state index contributed by atoms with van der Waals surface area (Å²) in [6, 6.07) is 8.44. The number of nitrogens with one attached hydrogen (secondary N) is 2. The molecule has 0 aliphatic carbocycles. The molecule has 7 heteroatoms. The van der Waals surface area contributed by atoms with Crippen molar-refractivity contribution in [3.05, 3.63) is 35.9 Å². The van der Waals surface area contributed by atoms with Crippen molar-refractivity contribution in [2.24, 2.45) is 0 Å². The van der Waals surface area contributed by atoms with Crippen LogP contribution in [0, 0.1) is 0 Å². The zero-order valence-electron chi connectivity index (χ0n) is 14.0. The number of morpholine rings is 1. The summed E-state index contributed by atoms with van der Waals surface area (Å²) in [6.45, 7) is 4.50. The normalized spacial score (nSPS) is 16.2. The van der Waals surface area contributed by atoms with Crippen molar-refractivity contribution >= 4 is 12.0 Å². The third-order valence-corrected chi connectivity index (χ3v) is 3.89. The second-order valence-corrected chi connectivity index (χ2v) is 5.62. The molecule has 1 saturated heterocycles. The zero-order chi connectivity index (χ0) is 17.2. The minimum atomic E-state index is -0.708. The third-order valence-electron chi connectivity index (χ3n) is 3.89. The van der Waals surface area contributed by atoms with Crippen molar-refractivity contribution in [3.63, 3.8) is 0 Å². The number of hydrogen-bond acceptors (Lipinski definition) is 5. The Kier molecular flexibility index (Phi) is 7.51. The number of benzene rings is 1. The van der Waals surface area contributed by atoms with Crippen molar-refractivity contribution < 1.29 is 19.1 Å². The van der Waals surface area contributed by atoms with E-state index >= 15 is 0 Å². The molecular formula is C17H25N3O4. The highest BCUT2D eigenvalue weighted by atomic mass is 16.5. The maximum absolute atomic E-state index is 12.0. The van der Waals surface area contributed by atoms with Gasteiger partial charge in [0.05, 0.1) is 20.3 Å². The lowest BCUT2D eigenvalue weighted by molar-refractivity contribution is -0.142. The van der Waals surface area contributed by atoms with Gasteiger partial charge in [0.25, 0.3) is 0 Å². The van der Waals surface area contributed by atoms with Crippen LogP contribution in [0.2, 0.25) is 0 Å². The largest absolute Gasteiger partial charge is 0.467 e. The Hall–Kier alpha value is -2.12. The van der Waals surface area contributed by atoms with Crippen molar-refractivity contribution in [2.75, 3.05) is 46.5 Å². The Morgan fingerprint density at radius 2 is 1.96 bits per heavy atom.